The monoisotopic (exact) mass is 456 g/mol. The van der Waals surface area contributed by atoms with E-state index in [0.29, 0.717) is 28.5 Å². The number of ketones is 1. The number of nitrogens with zero attached hydrogens (tertiary/aromatic N) is 6. The number of aromatic nitrogens is 6. The number of nitrogens with one attached hydrogen (secondary N) is 1. The highest BCUT2D eigenvalue weighted by molar-refractivity contribution is 6.00. The molecule has 2 bridgehead atoms. The number of aromatic amines is 1. The molecule has 0 saturated carbocycles. The zero-order chi connectivity index (χ0) is 23.4. The van der Waals surface area contributed by atoms with Gasteiger partial charge in [-0.3, -0.25) is 14.6 Å². The molecule has 2 fully saturated rings. The number of hydrogen-bond donors (Lipinski definition) is 2. The largest absolute Gasteiger partial charge is 0.383 e. The molecule has 0 unspecified atom stereocenters. The summed E-state index contributed by atoms with van der Waals surface area (Å²) < 4.78 is 1.53. The second-order valence-corrected chi connectivity index (χ2v) is 9.08. The van der Waals surface area contributed by atoms with E-state index < -0.39 is 0 Å². The van der Waals surface area contributed by atoms with E-state index in [9.17, 15) is 9.59 Å². The minimum atomic E-state index is -0.131. The van der Waals surface area contributed by atoms with Crippen LogP contribution in [0.4, 0.5) is 5.82 Å². The number of piperidine rings is 1. The van der Waals surface area contributed by atoms with Gasteiger partial charge in [-0.2, -0.15) is 9.61 Å². The molecule has 6 rings (SSSR count). The van der Waals surface area contributed by atoms with Crippen molar-refractivity contribution in [3.05, 3.63) is 48.2 Å². The number of fused-ring (bicyclic) bond motifs is 3. The Balaban J connectivity index is 1.45. The van der Waals surface area contributed by atoms with E-state index in [0.717, 1.165) is 48.9 Å². The summed E-state index contributed by atoms with van der Waals surface area (Å²) in [6, 6.07) is 4.20. The molecule has 10 heteroatoms. The van der Waals surface area contributed by atoms with Gasteiger partial charge in [-0.1, -0.05) is 6.07 Å². The highest BCUT2D eigenvalue weighted by Gasteiger charge is 2.42. The molecule has 1 amide bonds. The quantitative estimate of drug-likeness (QED) is 0.348. The Kier molecular flexibility index (Phi) is 4.68. The molecule has 3 atom stereocenters. The Morgan fingerprint density at radius 3 is 2.59 bits per heavy atom. The molecule has 2 saturated heterocycles. The van der Waals surface area contributed by atoms with Gasteiger partial charge in [0.15, 0.2) is 17.3 Å². The summed E-state index contributed by atoms with van der Waals surface area (Å²) >= 11 is 0. The smallest absolute Gasteiger partial charge is 0.210 e. The van der Waals surface area contributed by atoms with Gasteiger partial charge in [0.25, 0.3) is 0 Å². The highest BCUT2D eigenvalue weighted by atomic mass is 16.1. The van der Waals surface area contributed by atoms with Gasteiger partial charge in [0.2, 0.25) is 6.41 Å². The summed E-state index contributed by atoms with van der Waals surface area (Å²) in [5.41, 5.74) is 10.6. The minimum absolute atomic E-state index is 0.0575. The van der Waals surface area contributed by atoms with Crippen LogP contribution in [-0.2, 0) is 4.79 Å². The zero-order valence-corrected chi connectivity index (χ0v) is 18.7. The van der Waals surface area contributed by atoms with Gasteiger partial charge in [-0.05, 0) is 38.7 Å². The third-order valence-corrected chi connectivity index (χ3v) is 7.18. The maximum absolute atomic E-state index is 12.7. The molecule has 2 aliphatic heterocycles. The molecule has 0 aliphatic carbocycles. The van der Waals surface area contributed by atoms with Crippen molar-refractivity contribution in [2.45, 2.75) is 50.6 Å². The first-order chi connectivity index (χ1) is 16.5. The number of H-pyrrole nitrogens is 1. The molecule has 0 radical (unpaired) electrons. The molecule has 6 heterocycles. The fourth-order valence-corrected chi connectivity index (χ4v) is 5.60. The van der Waals surface area contributed by atoms with Crippen LogP contribution in [0.5, 0.6) is 0 Å². The normalized spacial score (nSPS) is 21.8. The Hall–Kier alpha value is -4.08. The van der Waals surface area contributed by atoms with Crippen LogP contribution in [0.2, 0.25) is 0 Å². The fraction of sp³-hybridized carbons (Fsp3) is 0.333. The number of anilines is 1. The molecule has 10 nitrogen and oxygen atoms in total. The van der Waals surface area contributed by atoms with Crippen LogP contribution in [0.25, 0.3) is 28.3 Å². The van der Waals surface area contributed by atoms with Crippen LogP contribution in [0, 0.1) is 0 Å². The molecular weight excluding hydrogens is 432 g/mol. The number of carbonyl (C=O) groups excluding carboxylic acids is 2. The first-order valence-electron chi connectivity index (χ1n) is 11.4. The first-order valence-corrected chi connectivity index (χ1v) is 11.4. The van der Waals surface area contributed by atoms with E-state index >= 15 is 0 Å². The SMILES string of the molecule is CC(=O)c1c([C@H]2C[C@H]3CC[C@@H](C2)N3C=O)nc2c(-c3ccc(-c4ncc[nH]4)nc3)cnn2c1N. The van der Waals surface area contributed by atoms with Crippen molar-refractivity contribution in [3.8, 4) is 22.6 Å². The lowest BCUT2D eigenvalue weighted by molar-refractivity contribution is -0.122. The second kappa shape index (κ2) is 7.75. The van der Waals surface area contributed by atoms with Gasteiger partial charge < -0.3 is 15.6 Å². The van der Waals surface area contributed by atoms with Crippen LogP contribution in [0.15, 0.2) is 36.9 Å². The number of imidazole rings is 1. The molecule has 2 aliphatic rings. The summed E-state index contributed by atoms with van der Waals surface area (Å²) in [5, 5.41) is 4.44. The number of pyridine rings is 1. The van der Waals surface area contributed by atoms with Crippen molar-refractivity contribution in [1.29, 1.82) is 0 Å². The number of nitrogens with two attached hydrogens (primary N) is 1. The summed E-state index contributed by atoms with van der Waals surface area (Å²) in [5.74, 6) is 0.915. The number of carbonyl (C=O) groups is 2. The first kappa shape index (κ1) is 20.5. The van der Waals surface area contributed by atoms with Crippen LogP contribution < -0.4 is 5.73 Å². The van der Waals surface area contributed by atoms with E-state index in [1.165, 1.54) is 11.4 Å². The number of nitrogen functional groups attached to an aromatic ring is 1. The van der Waals surface area contributed by atoms with E-state index in [1.54, 1.807) is 24.8 Å². The zero-order valence-electron chi connectivity index (χ0n) is 18.7. The number of Topliss-reactive ketones (excluding diaryl/α,β-unsaturated/α-hetero) is 1. The Labute approximate surface area is 195 Å². The van der Waals surface area contributed by atoms with Crippen LogP contribution >= 0.6 is 0 Å². The molecule has 34 heavy (non-hydrogen) atoms. The standard InChI is InChI=1S/C24H24N8O2/c1-13(34)20-21(15-8-16-3-4-17(9-15)31(16)12-33)30-24-18(11-29-32(24)22(20)25)14-2-5-19(28-10-14)23-26-6-7-27-23/h2,5-7,10-12,15-17H,3-4,8-9,25H2,1H3,(H,26,27)/t15-,16+,17-. The third kappa shape index (κ3) is 3.09. The number of hydrogen-bond acceptors (Lipinski definition) is 7. The van der Waals surface area contributed by atoms with E-state index in [2.05, 4.69) is 20.1 Å². The average Bonchev–Trinajstić information content (AvgIpc) is 3.57. The van der Waals surface area contributed by atoms with E-state index in [1.807, 2.05) is 17.0 Å². The van der Waals surface area contributed by atoms with Crippen molar-refractivity contribution in [3.63, 3.8) is 0 Å². The molecule has 3 N–H and O–H groups in total. The van der Waals surface area contributed by atoms with Crippen molar-refractivity contribution < 1.29 is 9.59 Å². The van der Waals surface area contributed by atoms with Gasteiger partial charge in [-0.25, -0.2) is 9.97 Å². The van der Waals surface area contributed by atoms with Gasteiger partial charge in [-0.15, -0.1) is 0 Å². The second-order valence-electron chi connectivity index (χ2n) is 9.08. The van der Waals surface area contributed by atoms with Crippen LogP contribution in [-0.4, -0.2) is 58.7 Å². The maximum atomic E-state index is 12.7. The van der Waals surface area contributed by atoms with Crippen LogP contribution in [0.1, 0.15) is 54.6 Å². The summed E-state index contributed by atoms with van der Waals surface area (Å²) in [6.45, 7) is 1.51. The van der Waals surface area contributed by atoms with E-state index in [4.69, 9.17) is 10.7 Å². The molecule has 172 valence electrons. The number of amides is 1. The third-order valence-electron chi connectivity index (χ3n) is 7.18. The Morgan fingerprint density at radius 1 is 1.18 bits per heavy atom. The van der Waals surface area contributed by atoms with Gasteiger partial charge in [0.1, 0.15) is 11.5 Å². The van der Waals surface area contributed by atoms with Crippen molar-refractivity contribution in [2.75, 3.05) is 5.73 Å². The van der Waals surface area contributed by atoms with Gasteiger partial charge in [0, 0.05) is 47.7 Å². The molecular formula is C24H24N8O2. The van der Waals surface area contributed by atoms with E-state index in [-0.39, 0.29) is 23.8 Å². The highest BCUT2D eigenvalue weighted by Crippen LogP contribution is 2.43. The van der Waals surface area contributed by atoms with Gasteiger partial charge >= 0.3 is 0 Å². The van der Waals surface area contributed by atoms with Crippen LogP contribution in [0.3, 0.4) is 0 Å². The Bertz CT molecular complexity index is 1380. The minimum Gasteiger partial charge on any atom is -0.383 e. The van der Waals surface area contributed by atoms with Crippen molar-refractivity contribution in [2.24, 2.45) is 0 Å². The molecule has 4 aromatic heterocycles. The predicted octanol–water partition coefficient (Wildman–Crippen LogP) is 2.83. The molecule has 4 aromatic rings. The topological polar surface area (TPSA) is 135 Å². The lowest BCUT2D eigenvalue weighted by Crippen LogP contribution is -2.41. The number of rotatable bonds is 5. The molecule has 0 spiro atoms. The summed E-state index contributed by atoms with van der Waals surface area (Å²) in [4.78, 5) is 42.9. The van der Waals surface area contributed by atoms with Crippen molar-refractivity contribution in [1.82, 2.24) is 34.4 Å². The van der Waals surface area contributed by atoms with Gasteiger partial charge in [0.05, 0.1) is 17.5 Å². The lowest BCUT2D eigenvalue weighted by atomic mass is 9.85. The average molecular weight is 457 g/mol. The summed E-state index contributed by atoms with van der Waals surface area (Å²) in [7, 11) is 0. The summed E-state index contributed by atoms with van der Waals surface area (Å²) in [6.07, 6.45) is 11.4. The lowest BCUT2D eigenvalue weighted by Gasteiger charge is -2.36. The Morgan fingerprint density at radius 2 is 1.97 bits per heavy atom. The fourth-order valence-electron chi connectivity index (χ4n) is 5.60. The molecule has 0 aromatic carbocycles. The van der Waals surface area contributed by atoms with Crippen molar-refractivity contribution >= 4 is 23.7 Å². The predicted molar refractivity (Wildman–Crippen MR) is 125 cm³/mol. The maximum Gasteiger partial charge on any atom is 0.210 e.